The number of carboxylic acids is 1. The number of hydrogen-bond donors (Lipinski definition) is 2. The zero-order chi connectivity index (χ0) is 15.1. The minimum atomic E-state index is -0.947. The van der Waals surface area contributed by atoms with Crippen molar-refractivity contribution in [2.24, 2.45) is 5.92 Å². The van der Waals surface area contributed by atoms with E-state index in [-0.39, 0.29) is 12.1 Å². The first kappa shape index (κ1) is 16.8. The van der Waals surface area contributed by atoms with E-state index in [9.17, 15) is 9.59 Å². The Morgan fingerprint density at radius 2 is 2.10 bits per heavy atom. The van der Waals surface area contributed by atoms with Gasteiger partial charge in [-0.25, -0.2) is 9.59 Å². The van der Waals surface area contributed by atoms with Crippen LogP contribution in [0.5, 0.6) is 0 Å². The highest BCUT2D eigenvalue weighted by atomic mass is 16.4. The highest BCUT2D eigenvalue weighted by Crippen LogP contribution is 2.26. The van der Waals surface area contributed by atoms with Gasteiger partial charge in [0.05, 0.1) is 0 Å². The van der Waals surface area contributed by atoms with Gasteiger partial charge in [0.1, 0.15) is 6.04 Å². The summed E-state index contributed by atoms with van der Waals surface area (Å²) in [5, 5.41) is 11.8. The van der Waals surface area contributed by atoms with Crippen LogP contribution in [0.3, 0.4) is 0 Å². The number of nitrogens with one attached hydrogen (secondary N) is 1. The number of unbranched alkanes of at least 4 members (excludes halogenated alkanes) is 1. The van der Waals surface area contributed by atoms with Gasteiger partial charge in [0.15, 0.2) is 0 Å². The second kappa shape index (κ2) is 8.12. The molecular formula is C15H28N2O3. The Morgan fingerprint density at radius 1 is 1.40 bits per heavy atom. The molecule has 0 aromatic rings. The fourth-order valence-electron chi connectivity index (χ4n) is 2.84. The molecule has 1 saturated carbocycles. The standard InChI is InChI=1S/C15H28N2O3/c1-4-5-9-13(14(18)19)16-15(20)17(3)12-8-6-7-11(2)10-12/h11-13H,4-10H2,1-3H3,(H,16,20)(H,18,19)/t11?,12?,13-/m0/s1. The normalized spacial score (nSPS) is 23.9. The van der Waals surface area contributed by atoms with E-state index in [1.807, 2.05) is 6.92 Å². The van der Waals surface area contributed by atoms with Gasteiger partial charge in [-0.3, -0.25) is 0 Å². The van der Waals surface area contributed by atoms with E-state index in [1.54, 1.807) is 11.9 Å². The topological polar surface area (TPSA) is 69.6 Å². The van der Waals surface area contributed by atoms with Gasteiger partial charge >= 0.3 is 12.0 Å². The number of carbonyl (C=O) groups is 2. The zero-order valence-electron chi connectivity index (χ0n) is 12.9. The molecule has 116 valence electrons. The van der Waals surface area contributed by atoms with E-state index < -0.39 is 12.0 Å². The molecule has 3 atom stereocenters. The molecule has 0 aliphatic heterocycles. The molecule has 0 bridgehead atoms. The molecule has 1 fully saturated rings. The van der Waals surface area contributed by atoms with Crippen LogP contribution in [0.25, 0.3) is 0 Å². The number of amides is 2. The van der Waals surface area contributed by atoms with Crippen LogP contribution < -0.4 is 5.32 Å². The van der Waals surface area contributed by atoms with Crippen molar-refractivity contribution in [3.05, 3.63) is 0 Å². The van der Waals surface area contributed by atoms with Crippen molar-refractivity contribution >= 4 is 12.0 Å². The molecule has 0 heterocycles. The second-order valence-corrected chi connectivity index (χ2v) is 6.02. The summed E-state index contributed by atoms with van der Waals surface area (Å²) in [6.07, 6.45) is 6.61. The van der Waals surface area contributed by atoms with E-state index in [0.29, 0.717) is 12.3 Å². The second-order valence-electron chi connectivity index (χ2n) is 6.02. The Bertz CT molecular complexity index is 333. The predicted octanol–water partition coefficient (Wildman–Crippen LogP) is 2.85. The molecule has 1 aliphatic carbocycles. The molecule has 2 N–H and O–H groups in total. The third-order valence-corrected chi connectivity index (χ3v) is 4.22. The predicted molar refractivity (Wildman–Crippen MR) is 78.7 cm³/mol. The van der Waals surface area contributed by atoms with Crippen LogP contribution >= 0.6 is 0 Å². The molecule has 0 radical (unpaired) electrons. The fourth-order valence-corrected chi connectivity index (χ4v) is 2.84. The van der Waals surface area contributed by atoms with Crippen LogP contribution in [0.1, 0.15) is 58.8 Å². The molecule has 5 nitrogen and oxygen atoms in total. The maximum absolute atomic E-state index is 12.2. The molecule has 1 aliphatic rings. The maximum atomic E-state index is 12.2. The first-order chi connectivity index (χ1) is 9.45. The Hall–Kier alpha value is -1.26. The van der Waals surface area contributed by atoms with Crippen molar-refractivity contribution in [3.63, 3.8) is 0 Å². The summed E-state index contributed by atoms with van der Waals surface area (Å²) in [6, 6.07) is -0.794. The summed E-state index contributed by atoms with van der Waals surface area (Å²) >= 11 is 0. The van der Waals surface area contributed by atoms with E-state index in [1.165, 1.54) is 6.42 Å². The SMILES string of the molecule is CCCC[C@H](NC(=O)N(C)C1CCCC(C)C1)C(=O)O. The van der Waals surface area contributed by atoms with Crippen molar-refractivity contribution in [1.82, 2.24) is 10.2 Å². The van der Waals surface area contributed by atoms with Crippen molar-refractivity contribution in [2.75, 3.05) is 7.05 Å². The summed E-state index contributed by atoms with van der Waals surface area (Å²) in [6.45, 7) is 4.22. The molecule has 0 aromatic carbocycles. The molecule has 2 unspecified atom stereocenters. The van der Waals surface area contributed by atoms with Crippen LogP contribution in [0.15, 0.2) is 0 Å². The monoisotopic (exact) mass is 284 g/mol. The van der Waals surface area contributed by atoms with Gasteiger partial charge in [-0.2, -0.15) is 0 Å². The Balaban J connectivity index is 2.52. The van der Waals surface area contributed by atoms with E-state index >= 15 is 0 Å². The molecular weight excluding hydrogens is 256 g/mol. The first-order valence-electron chi connectivity index (χ1n) is 7.71. The average Bonchev–Trinajstić information content (AvgIpc) is 2.42. The first-order valence-corrected chi connectivity index (χ1v) is 7.71. The van der Waals surface area contributed by atoms with Crippen molar-refractivity contribution in [1.29, 1.82) is 0 Å². The zero-order valence-corrected chi connectivity index (χ0v) is 12.9. The Morgan fingerprint density at radius 3 is 2.65 bits per heavy atom. The minimum absolute atomic E-state index is 0.236. The number of urea groups is 1. The van der Waals surface area contributed by atoms with Gasteiger partial charge < -0.3 is 15.3 Å². The molecule has 0 saturated heterocycles. The van der Waals surface area contributed by atoms with E-state index in [2.05, 4.69) is 12.2 Å². The quantitative estimate of drug-likeness (QED) is 0.788. The number of carboxylic acid groups (broad SMARTS) is 1. The lowest BCUT2D eigenvalue weighted by Crippen LogP contribution is -2.50. The highest BCUT2D eigenvalue weighted by Gasteiger charge is 2.27. The molecule has 5 heteroatoms. The van der Waals surface area contributed by atoms with Crippen LogP contribution in [0.4, 0.5) is 4.79 Å². The number of nitrogens with zero attached hydrogens (tertiary/aromatic N) is 1. The van der Waals surface area contributed by atoms with Gasteiger partial charge in [-0.15, -0.1) is 0 Å². The van der Waals surface area contributed by atoms with Crippen LogP contribution in [0.2, 0.25) is 0 Å². The van der Waals surface area contributed by atoms with Gasteiger partial charge in [0.25, 0.3) is 0 Å². The molecule has 1 rings (SSSR count). The van der Waals surface area contributed by atoms with Crippen LogP contribution in [-0.2, 0) is 4.79 Å². The van der Waals surface area contributed by atoms with Gasteiger partial charge in [0, 0.05) is 13.1 Å². The minimum Gasteiger partial charge on any atom is -0.480 e. The number of carbonyl (C=O) groups excluding carboxylic acids is 1. The van der Waals surface area contributed by atoms with E-state index in [0.717, 1.165) is 32.1 Å². The highest BCUT2D eigenvalue weighted by molar-refractivity contribution is 5.82. The van der Waals surface area contributed by atoms with Crippen molar-refractivity contribution in [3.8, 4) is 0 Å². The molecule has 0 spiro atoms. The number of aliphatic carboxylic acids is 1. The lowest BCUT2D eigenvalue weighted by atomic mass is 9.86. The van der Waals surface area contributed by atoms with Crippen molar-refractivity contribution < 1.29 is 14.7 Å². The van der Waals surface area contributed by atoms with E-state index in [4.69, 9.17) is 5.11 Å². The van der Waals surface area contributed by atoms with Crippen LogP contribution in [-0.4, -0.2) is 41.1 Å². The third kappa shape index (κ3) is 5.02. The molecule has 2 amide bonds. The average molecular weight is 284 g/mol. The van der Waals surface area contributed by atoms with Gasteiger partial charge in [-0.05, 0) is 25.2 Å². The largest absolute Gasteiger partial charge is 0.480 e. The lowest BCUT2D eigenvalue weighted by molar-refractivity contribution is -0.139. The Kier molecular flexibility index (Phi) is 6.82. The Labute approximate surface area is 121 Å². The summed E-state index contributed by atoms with van der Waals surface area (Å²) in [7, 11) is 1.77. The summed E-state index contributed by atoms with van der Waals surface area (Å²) < 4.78 is 0. The summed E-state index contributed by atoms with van der Waals surface area (Å²) in [4.78, 5) is 25.0. The number of rotatable bonds is 6. The summed E-state index contributed by atoms with van der Waals surface area (Å²) in [5.74, 6) is -0.309. The van der Waals surface area contributed by atoms with Gasteiger partial charge in [0.2, 0.25) is 0 Å². The third-order valence-electron chi connectivity index (χ3n) is 4.22. The maximum Gasteiger partial charge on any atom is 0.326 e. The lowest BCUT2D eigenvalue weighted by Gasteiger charge is -2.34. The fraction of sp³-hybridized carbons (Fsp3) is 0.867. The molecule has 0 aromatic heterocycles. The number of hydrogen-bond acceptors (Lipinski definition) is 2. The van der Waals surface area contributed by atoms with Crippen molar-refractivity contribution in [2.45, 2.75) is 70.9 Å². The smallest absolute Gasteiger partial charge is 0.326 e. The van der Waals surface area contributed by atoms with Crippen LogP contribution in [0, 0.1) is 5.92 Å². The van der Waals surface area contributed by atoms with Gasteiger partial charge in [-0.1, -0.05) is 39.5 Å². The summed E-state index contributed by atoms with van der Waals surface area (Å²) in [5.41, 5.74) is 0. The molecule has 20 heavy (non-hydrogen) atoms.